The third-order valence-electron chi connectivity index (χ3n) is 1.50. The zero-order valence-electron chi connectivity index (χ0n) is 5.70. The van der Waals surface area contributed by atoms with Gasteiger partial charge >= 0.3 is 0 Å². The van der Waals surface area contributed by atoms with Crippen molar-refractivity contribution in [1.29, 1.82) is 0 Å². The summed E-state index contributed by atoms with van der Waals surface area (Å²) in [5.74, 6) is 0.751. The normalized spacial score (nSPS) is 13.3. The topological polar surface area (TPSA) is 42.0 Å². The van der Waals surface area contributed by atoms with E-state index in [-0.39, 0.29) is 18.3 Å². The Hall–Kier alpha value is -1.09. The summed E-state index contributed by atoms with van der Waals surface area (Å²) in [5.41, 5.74) is 0.993. The number of rotatable bonds is 0. The molecule has 3 nitrogen and oxygen atoms in total. The van der Waals surface area contributed by atoms with Gasteiger partial charge in [0.2, 0.25) is 5.91 Å². The molecule has 0 atom stereocenters. The van der Waals surface area contributed by atoms with Crippen LogP contribution in [0.3, 0.4) is 0 Å². The maximum absolute atomic E-state index is 10.7. The van der Waals surface area contributed by atoms with Crippen molar-refractivity contribution >= 4 is 24.1 Å². The third-order valence-corrected chi connectivity index (χ3v) is 1.50. The van der Waals surface area contributed by atoms with Crippen LogP contribution in [0.1, 0.15) is 5.56 Å². The first kappa shape index (κ1) is 8.01. The number of aromatic nitrogens is 1. The summed E-state index contributed by atoms with van der Waals surface area (Å²) in [6.07, 6.45) is 2.15. The monoisotopic (exact) mass is 170 g/mol. The third kappa shape index (κ3) is 1.33. The van der Waals surface area contributed by atoms with E-state index in [9.17, 15) is 4.79 Å². The van der Waals surface area contributed by atoms with Crippen molar-refractivity contribution < 1.29 is 4.79 Å². The number of hydrogen-bond donors (Lipinski definition) is 1. The van der Waals surface area contributed by atoms with E-state index in [0.29, 0.717) is 12.2 Å². The number of hydrogen-bond acceptors (Lipinski definition) is 2. The lowest BCUT2D eigenvalue weighted by molar-refractivity contribution is -0.115. The van der Waals surface area contributed by atoms with Gasteiger partial charge in [-0.1, -0.05) is 6.07 Å². The fourth-order valence-electron chi connectivity index (χ4n) is 1.04. The van der Waals surface area contributed by atoms with Gasteiger partial charge in [-0.05, 0) is 6.07 Å². The Labute approximate surface area is 70.2 Å². The second kappa shape index (κ2) is 2.88. The van der Waals surface area contributed by atoms with Crippen molar-refractivity contribution in [2.45, 2.75) is 6.42 Å². The Kier molecular flexibility index (Phi) is 2.10. The second-order valence-electron chi connectivity index (χ2n) is 2.24. The zero-order chi connectivity index (χ0) is 6.97. The van der Waals surface area contributed by atoms with Gasteiger partial charge in [-0.2, -0.15) is 0 Å². The summed E-state index contributed by atoms with van der Waals surface area (Å²) in [5, 5.41) is 2.65. The molecule has 1 aliphatic rings. The van der Waals surface area contributed by atoms with E-state index in [0.717, 1.165) is 5.56 Å². The number of anilines is 1. The average Bonchev–Trinajstić information content (AvgIpc) is 2.27. The van der Waals surface area contributed by atoms with E-state index in [1.807, 2.05) is 12.1 Å². The first-order valence-electron chi connectivity index (χ1n) is 3.10. The molecule has 0 aliphatic carbocycles. The quantitative estimate of drug-likeness (QED) is 0.631. The SMILES string of the molecule is Cl.O=C1Cc2cccnc2N1. The van der Waals surface area contributed by atoms with Crippen LogP contribution in [0.4, 0.5) is 5.82 Å². The van der Waals surface area contributed by atoms with Crippen molar-refractivity contribution in [3.05, 3.63) is 23.9 Å². The highest BCUT2D eigenvalue weighted by Gasteiger charge is 2.16. The highest BCUT2D eigenvalue weighted by molar-refractivity contribution is 5.97. The number of pyridine rings is 1. The van der Waals surface area contributed by atoms with Crippen molar-refractivity contribution in [2.75, 3.05) is 5.32 Å². The van der Waals surface area contributed by atoms with Gasteiger partial charge in [0, 0.05) is 11.8 Å². The number of fused-ring (bicyclic) bond motifs is 1. The summed E-state index contributed by atoms with van der Waals surface area (Å²) in [6, 6.07) is 3.74. The molecule has 0 unspecified atom stereocenters. The molecular formula is C7H7ClN2O. The van der Waals surface area contributed by atoms with Crippen molar-refractivity contribution in [3.8, 4) is 0 Å². The van der Waals surface area contributed by atoms with Crippen LogP contribution in [0, 0.1) is 0 Å². The molecule has 1 aromatic rings. The smallest absolute Gasteiger partial charge is 0.230 e. The minimum absolute atomic E-state index is 0. The fourth-order valence-corrected chi connectivity index (χ4v) is 1.04. The Bertz CT molecular complexity index is 261. The minimum atomic E-state index is 0. The molecule has 0 spiro atoms. The van der Waals surface area contributed by atoms with Gasteiger partial charge in [0.15, 0.2) is 0 Å². The summed E-state index contributed by atoms with van der Waals surface area (Å²) < 4.78 is 0. The maximum Gasteiger partial charge on any atom is 0.230 e. The molecule has 0 saturated carbocycles. The summed E-state index contributed by atoms with van der Waals surface area (Å²) >= 11 is 0. The van der Waals surface area contributed by atoms with Crippen LogP contribution in [-0.2, 0) is 11.2 Å². The van der Waals surface area contributed by atoms with Crippen LogP contribution in [0.2, 0.25) is 0 Å². The van der Waals surface area contributed by atoms with Gasteiger partial charge in [-0.3, -0.25) is 4.79 Å². The highest BCUT2D eigenvalue weighted by Crippen LogP contribution is 2.17. The van der Waals surface area contributed by atoms with Gasteiger partial charge < -0.3 is 5.32 Å². The van der Waals surface area contributed by atoms with Crippen molar-refractivity contribution in [2.24, 2.45) is 0 Å². The van der Waals surface area contributed by atoms with E-state index >= 15 is 0 Å². The van der Waals surface area contributed by atoms with Crippen LogP contribution in [0.15, 0.2) is 18.3 Å². The molecule has 11 heavy (non-hydrogen) atoms. The molecule has 0 radical (unpaired) electrons. The van der Waals surface area contributed by atoms with Crippen molar-refractivity contribution in [1.82, 2.24) is 4.98 Å². The largest absolute Gasteiger partial charge is 0.310 e. The first-order chi connectivity index (χ1) is 4.86. The van der Waals surface area contributed by atoms with Crippen LogP contribution >= 0.6 is 12.4 Å². The number of carbonyl (C=O) groups is 1. The number of halogens is 1. The zero-order valence-corrected chi connectivity index (χ0v) is 6.52. The molecule has 1 amide bonds. The molecular weight excluding hydrogens is 164 g/mol. The first-order valence-corrected chi connectivity index (χ1v) is 3.10. The molecule has 0 aromatic carbocycles. The molecule has 1 aromatic heterocycles. The van der Waals surface area contributed by atoms with Gasteiger partial charge in [0.1, 0.15) is 5.82 Å². The minimum Gasteiger partial charge on any atom is -0.310 e. The molecule has 4 heteroatoms. The highest BCUT2D eigenvalue weighted by atomic mass is 35.5. The Morgan fingerprint density at radius 3 is 3.09 bits per heavy atom. The summed E-state index contributed by atoms with van der Waals surface area (Å²) in [4.78, 5) is 14.7. The molecule has 0 fully saturated rings. The van der Waals surface area contributed by atoms with Gasteiger partial charge in [-0.15, -0.1) is 12.4 Å². The number of amides is 1. The molecule has 1 aliphatic heterocycles. The van der Waals surface area contributed by atoms with Gasteiger partial charge in [-0.25, -0.2) is 4.98 Å². The lowest BCUT2D eigenvalue weighted by Gasteiger charge is -1.91. The predicted octanol–water partition coefficient (Wildman–Crippen LogP) is 0.998. The molecule has 0 saturated heterocycles. The Morgan fingerprint density at radius 2 is 2.36 bits per heavy atom. The van der Waals surface area contributed by atoms with E-state index in [4.69, 9.17) is 0 Å². The Balaban J connectivity index is 0.000000605. The summed E-state index contributed by atoms with van der Waals surface area (Å²) in [7, 11) is 0. The average molecular weight is 171 g/mol. The standard InChI is InChI=1S/C7H6N2O.ClH/c10-6-4-5-2-1-3-8-7(5)9-6;/h1-3H,4H2,(H,8,9,10);1H. The number of nitrogens with one attached hydrogen (secondary N) is 1. The number of nitrogens with zero attached hydrogens (tertiary/aromatic N) is 1. The fraction of sp³-hybridized carbons (Fsp3) is 0.143. The Morgan fingerprint density at radius 1 is 1.55 bits per heavy atom. The van der Waals surface area contributed by atoms with Crippen LogP contribution < -0.4 is 5.32 Å². The van der Waals surface area contributed by atoms with E-state index in [1.54, 1.807) is 6.20 Å². The van der Waals surface area contributed by atoms with Crippen LogP contribution in [0.5, 0.6) is 0 Å². The maximum atomic E-state index is 10.7. The van der Waals surface area contributed by atoms with E-state index in [2.05, 4.69) is 10.3 Å². The van der Waals surface area contributed by atoms with Gasteiger partial charge in [0.25, 0.3) is 0 Å². The molecule has 58 valence electrons. The van der Waals surface area contributed by atoms with E-state index < -0.39 is 0 Å². The lowest BCUT2D eigenvalue weighted by atomic mass is 10.2. The van der Waals surface area contributed by atoms with Crippen molar-refractivity contribution in [3.63, 3.8) is 0 Å². The second-order valence-corrected chi connectivity index (χ2v) is 2.24. The molecule has 1 N–H and O–H groups in total. The summed E-state index contributed by atoms with van der Waals surface area (Å²) in [6.45, 7) is 0. The van der Waals surface area contributed by atoms with Crippen LogP contribution in [-0.4, -0.2) is 10.9 Å². The van der Waals surface area contributed by atoms with E-state index in [1.165, 1.54) is 0 Å². The molecule has 2 rings (SSSR count). The van der Waals surface area contributed by atoms with Gasteiger partial charge in [0.05, 0.1) is 6.42 Å². The lowest BCUT2D eigenvalue weighted by Crippen LogP contribution is -2.04. The predicted molar refractivity (Wildman–Crippen MR) is 43.8 cm³/mol. The van der Waals surface area contributed by atoms with Crippen LogP contribution in [0.25, 0.3) is 0 Å². The number of carbonyl (C=O) groups excluding carboxylic acids is 1. The molecule has 2 heterocycles. The molecule has 0 bridgehead atoms.